The number of nitrogens with one attached hydrogen (secondary N) is 1. The molecule has 0 saturated carbocycles. The Labute approximate surface area is 282 Å². The molecular formula is C36H41AsN6O4. The topological polar surface area (TPSA) is 100 Å². The van der Waals surface area contributed by atoms with E-state index >= 15 is 0 Å². The molecule has 0 bridgehead atoms. The van der Waals surface area contributed by atoms with Crippen LogP contribution < -0.4 is 14.7 Å². The van der Waals surface area contributed by atoms with Gasteiger partial charge in [0.2, 0.25) is 0 Å². The summed E-state index contributed by atoms with van der Waals surface area (Å²) >= 11 is -1.45. The molecule has 1 atom stereocenters. The molecule has 1 fully saturated rings. The maximum atomic E-state index is 13.7. The van der Waals surface area contributed by atoms with Crippen LogP contribution in [0, 0.1) is 0 Å². The number of nitrogens with zero attached hydrogens (tertiary/aromatic N) is 5. The van der Waals surface area contributed by atoms with Gasteiger partial charge >= 0.3 is 283 Å². The van der Waals surface area contributed by atoms with Gasteiger partial charge in [-0.05, 0) is 0 Å². The number of aromatic nitrogens is 2. The first-order valence-corrected chi connectivity index (χ1v) is 18.3. The van der Waals surface area contributed by atoms with Gasteiger partial charge in [-0.15, -0.1) is 0 Å². The van der Waals surface area contributed by atoms with Crippen molar-refractivity contribution in [2.45, 2.75) is 46.4 Å². The summed E-state index contributed by atoms with van der Waals surface area (Å²) < 4.78 is 7.51. The number of likely N-dealkylation sites (N-methyl/N-ethyl adjacent to an activating group) is 1. The molecule has 1 aromatic heterocycles. The van der Waals surface area contributed by atoms with Gasteiger partial charge in [-0.1, -0.05) is 0 Å². The van der Waals surface area contributed by atoms with Gasteiger partial charge in [0.1, 0.15) is 0 Å². The second kappa shape index (κ2) is 14.6. The molecule has 11 heteroatoms. The van der Waals surface area contributed by atoms with E-state index in [0.717, 1.165) is 72.6 Å². The zero-order chi connectivity index (χ0) is 32.9. The molecule has 10 nitrogen and oxygen atoms in total. The zero-order valence-corrected chi connectivity index (χ0v) is 29.3. The fraction of sp³-hybridized carbons (Fsp3) is 0.333. The summed E-state index contributed by atoms with van der Waals surface area (Å²) in [4.78, 5) is 46.9. The molecule has 47 heavy (non-hydrogen) atoms. The van der Waals surface area contributed by atoms with Gasteiger partial charge in [-0.3, -0.25) is 0 Å². The third kappa shape index (κ3) is 7.29. The molecule has 1 saturated heterocycles. The van der Waals surface area contributed by atoms with Crippen LogP contribution in [-0.2, 0) is 37.3 Å². The van der Waals surface area contributed by atoms with Crippen molar-refractivity contribution in [1.82, 2.24) is 19.6 Å². The minimum absolute atomic E-state index is 0.0207. The molecule has 3 aromatic carbocycles. The molecule has 244 valence electrons. The zero-order valence-electron chi connectivity index (χ0n) is 27.2. The number of rotatable bonds is 9. The van der Waals surface area contributed by atoms with E-state index in [4.69, 9.17) is 4.74 Å². The van der Waals surface area contributed by atoms with E-state index in [1.165, 1.54) is 4.68 Å². The van der Waals surface area contributed by atoms with Crippen LogP contribution in [0.3, 0.4) is 0 Å². The van der Waals surface area contributed by atoms with Crippen LogP contribution in [0.1, 0.15) is 52.2 Å². The van der Waals surface area contributed by atoms with Crippen LogP contribution in [0.4, 0.5) is 21.0 Å². The fourth-order valence-corrected chi connectivity index (χ4v) is 8.28. The number of hydrogen-bond donors (Lipinski definition) is 1. The van der Waals surface area contributed by atoms with E-state index in [0.29, 0.717) is 15.7 Å². The molecule has 2 amide bonds. The molecule has 6 rings (SSSR count). The number of benzene rings is 3. The van der Waals surface area contributed by atoms with Crippen molar-refractivity contribution in [2.24, 2.45) is 0 Å². The predicted octanol–water partition coefficient (Wildman–Crippen LogP) is 4.39. The van der Waals surface area contributed by atoms with Crippen molar-refractivity contribution in [1.29, 1.82) is 0 Å². The van der Waals surface area contributed by atoms with Crippen LogP contribution in [0.2, 0.25) is 0 Å². The minimum atomic E-state index is -1.45. The molecule has 0 aliphatic carbocycles. The van der Waals surface area contributed by atoms with Gasteiger partial charge in [0.15, 0.2) is 0 Å². The third-order valence-corrected chi connectivity index (χ3v) is 11.3. The van der Waals surface area contributed by atoms with E-state index in [1.807, 2.05) is 72.8 Å². The van der Waals surface area contributed by atoms with E-state index in [2.05, 4.69) is 41.1 Å². The van der Waals surface area contributed by atoms with E-state index in [9.17, 15) is 14.4 Å². The summed E-state index contributed by atoms with van der Waals surface area (Å²) in [5.41, 5.74) is 6.94. The number of amides is 2. The number of fused-ring (bicyclic) bond motifs is 1. The number of para-hydroxylation sites is 1. The molecule has 4 aromatic rings. The van der Waals surface area contributed by atoms with Gasteiger partial charge < -0.3 is 0 Å². The molecule has 1 unspecified atom stereocenters. The molecule has 2 aliphatic heterocycles. The van der Waals surface area contributed by atoms with Crippen LogP contribution in [0.5, 0.6) is 0 Å². The van der Waals surface area contributed by atoms with Gasteiger partial charge in [-0.2, -0.15) is 0 Å². The predicted molar refractivity (Wildman–Crippen MR) is 185 cm³/mol. The first kappa shape index (κ1) is 32.5. The Morgan fingerprint density at radius 1 is 0.851 bits per heavy atom. The van der Waals surface area contributed by atoms with Gasteiger partial charge in [0.05, 0.1) is 0 Å². The fourth-order valence-electron chi connectivity index (χ4n) is 6.07. The molecule has 2 aliphatic rings. The number of piperazine rings is 1. The van der Waals surface area contributed by atoms with E-state index in [1.54, 1.807) is 4.90 Å². The molecule has 0 spiro atoms. The van der Waals surface area contributed by atoms with Crippen molar-refractivity contribution in [2.75, 3.05) is 43.4 Å². The molecule has 1 N–H and O–H groups in total. The van der Waals surface area contributed by atoms with Gasteiger partial charge in [-0.25, -0.2) is 0 Å². The molecular weight excluding hydrogens is 655 g/mol. The number of carbonyl (C=O) groups excluding carboxylic acids is 3. The molecule has 3 heterocycles. The van der Waals surface area contributed by atoms with Crippen molar-refractivity contribution in [3.8, 4) is 0 Å². The number of aryl methyl sites for hydroxylation is 2. The van der Waals surface area contributed by atoms with Crippen LogP contribution >= 0.6 is 0 Å². The summed E-state index contributed by atoms with van der Waals surface area (Å²) in [5.74, 6) is 0. The summed E-state index contributed by atoms with van der Waals surface area (Å²) in [5, 5.41) is 7.79. The van der Waals surface area contributed by atoms with E-state index < -0.39 is 21.8 Å². The van der Waals surface area contributed by atoms with Crippen molar-refractivity contribution in [3.05, 3.63) is 106 Å². The number of ether oxygens (including phenoxy) is 1. The first-order valence-electron chi connectivity index (χ1n) is 16.2. The second-order valence-electron chi connectivity index (χ2n) is 12.0. The van der Waals surface area contributed by atoms with Crippen molar-refractivity contribution < 1.29 is 19.1 Å². The van der Waals surface area contributed by atoms with E-state index in [-0.39, 0.29) is 30.3 Å². The average molecular weight is 697 g/mol. The van der Waals surface area contributed by atoms with Crippen molar-refractivity contribution in [3.63, 3.8) is 0 Å². The summed E-state index contributed by atoms with van der Waals surface area (Å²) in [6.45, 7) is 8.60. The van der Waals surface area contributed by atoms with Crippen LogP contribution in [0.15, 0.2) is 72.8 Å². The third-order valence-electron chi connectivity index (χ3n) is 8.91. The van der Waals surface area contributed by atoms with Gasteiger partial charge in [0.25, 0.3) is 0 Å². The number of hydrogen-bond acceptors (Lipinski definition) is 7. The monoisotopic (exact) mass is 696 g/mol. The van der Waals surface area contributed by atoms with Gasteiger partial charge in [0, 0.05) is 0 Å². The Kier molecular flexibility index (Phi) is 10.1. The normalized spacial score (nSPS) is 14.9. The summed E-state index contributed by atoms with van der Waals surface area (Å²) in [6.07, 6.45) is 0.956. The van der Waals surface area contributed by atoms with Crippen molar-refractivity contribution >= 4 is 48.3 Å². The molecule has 0 radical (unpaired) electrons. The summed E-state index contributed by atoms with van der Waals surface area (Å²) in [7, 11) is 2.13. The number of urea groups is 1. The van der Waals surface area contributed by atoms with Crippen LogP contribution in [-0.4, -0.2) is 85.3 Å². The number of carbonyl (C=O) groups is 3. The Morgan fingerprint density at radius 2 is 1.53 bits per heavy atom. The second-order valence-corrected chi connectivity index (χ2v) is 14.4. The van der Waals surface area contributed by atoms with Crippen LogP contribution in [0.25, 0.3) is 0 Å². The quantitative estimate of drug-likeness (QED) is 0.259. The summed E-state index contributed by atoms with van der Waals surface area (Å²) in [6, 6.07) is 23.1. The standard InChI is InChI=1S/C36H41AsN6O4/c1-4-26-12-9-13-27(5-2)32(26)38-35(45)42-22-30-31(23-42)43(36(46)47-24-25-10-7-6-8-11-25)39-33(30)37-34(44)28-14-16-29(17-15-28)41-20-18-40(3)19-21-41/h6-17,37H,4-5,18-24H2,1-3H3,(H,38,45). The SMILES string of the molecule is CCc1cccc(CC)c1NC(=O)N1Cc2c([AsH]C(=O)c3ccc(N4CCN(C)CC4)cc3)nn(C(=O)OCc3ccccc3)c2C1. The Morgan fingerprint density at radius 3 is 2.19 bits per heavy atom. The Balaban J connectivity index is 1.22. The Bertz CT molecular complexity index is 1730. The first-order chi connectivity index (χ1) is 22.8. The Hall–Kier alpha value is -4.40. The maximum absolute atomic E-state index is 13.7. The number of anilines is 2. The average Bonchev–Trinajstić information content (AvgIpc) is 3.69.